The minimum Gasteiger partial charge on any atom is -0.338 e. The van der Waals surface area contributed by atoms with E-state index in [0.29, 0.717) is 17.9 Å². The minimum absolute atomic E-state index is 0.0923. The van der Waals surface area contributed by atoms with E-state index in [1.807, 2.05) is 0 Å². The molecule has 0 bridgehead atoms. The second-order valence-corrected chi connectivity index (χ2v) is 7.45. The molecule has 3 aliphatic rings. The summed E-state index contributed by atoms with van der Waals surface area (Å²) >= 11 is 0. The first-order valence-corrected chi connectivity index (χ1v) is 8.70. The highest BCUT2D eigenvalue weighted by Gasteiger charge is 2.41. The number of hydrogen-bond acceptors (Lipinski definition) is 2. The topological polar surface area (TPSA) is 32.3 Å². The summed E-state index contributed by atoms with van der Waals surface area (Å²) in [5.41, 5.74) is 0. The van der Waals surface area contributed by atoms with Gasteiger partial charge in [0.2, 0.25) is 5.91 Å². The van der Waals surface area contributed by atoms with E-state index in [0.717, 1.165) is 31.3 Å². The molecule has 1 N–H and O–H groups in total. The Hall–Kier alpha value is -0.570. The molecule has 5 unspecified atom stereocenters. The van der Waals surface area contributed by atoms with Crippen molar-refractivity contribution in [1.29, 1.82) is 0 Å². The SMILES string of the molecule is CC1CCNC(C(=O)N2CCC(C)C3CCCCC32)C1. The van der Waals surface area contributed by atoms with Gasteiger partial charge in [-0.15, -0.1) is 0 Å². The molecule has 0 aromatic heterocycles. The summed E-state index contributed by atoms with van der Waals surface area (Å²) in [6, 6.07) is 0.633. The van der Waals surface area contributed by atoms with Crippen molar-refractivity contribution in [2.24, 2.45) is 17.8 Å². The van der Waals surface area contributed by atoms with Crippen LogP contribution in [0.25, 0.3) is 0 Å². The van der Waals surface area contributed by atoms with Gasteiger partial charge in [-0.05, 0) is 56.4 Å². The van der Waals surface area contributed by atoms with Crippen LogP contribution in [0.5, 0.6) is 0 Å². The maximum Gasteiger partial charge on any atom is 0.239 e. The van der Waals surface area contributed by atoms with Crippen LogP contribution in [0.3, 0.4) is 0 Å². The maximum atomic E-state index is 12.9. The molecule has 0 radical (unpaired) electrons. The third-order valence-corrected chi connectivity index (χ3v) is 5.99. The van der Waals surface area contributed by atoms with Gasteiger partial charge in [0.25, 0.3) is 0 Å². The number of nitrogens with one attached hydrogen (secondary N) is 1. The van der Waals surface area contributed by atoms with Crippen molar-refractivity contribution < 1.29 is 4.79 Å². The molecule has 5 atom stereocenters. The summed E-state index contributed by atoms with van der Waals surface area (Å²) in [5, 5.41) is 3.46. The smallest absolute Gasteiger partial charge is 0.239 e. The molecule has 3 rings (SSSR count). The Morgan fingerprint density at radius 2 is 1.90 bits per heavy atom. The third-order valence-electron chi connectivity index (χ3n) is 5.99. The van der Waals surface area contributed by atoms with Crippen LogP contribution in [0.1, 0.15) is 58.8 Å². The lowest BCUT2D eigenvalue weighted by Crippen LogP contribution is -2.58. The standard InChI is InChI=1S/C17H30N2O/c1-12-7-9-18-15(11-12)17(20)19-10-8-13(2)14-5-3-4-6-16(14)19/h12-16,18H,3-11H2,1-2H3. The first-order valence-electron chi connectivity index (χ1n) is 8.70. The number of piperidine rings is 2. The molecule has 3 fully saturated rings. The lowest BCUT2D eigenvalue weighted by atomic mass is 9.72. The average Bonchev–Trinajstić information content (AvgIpc) is 2.47. The van der Waals surface area contributed by atoms with E-state index in [9.17, 15) is 4.79 Å². The predicted octanol–water partition coefficient (Wildman–Crippen LogP) is 2.80. The Kier molecular flexibility index (Phi) is 4.34. The van der Waals surface area contributed by atoms with E-state index >= 15 is 0 Å². The monoisotopic (exact) mass is 278 g/mol. The molecular formula is C17H30N2O. The number of nitrogens with zero attached hydrogens (tertiary/aromatic N) is 1. The van der Waals surface area contributed by atoms with Crippen molar-refractivity contribution in [1.82, 2.24) is 10.2 Å². The fourth-order valence-corrected chi connectivity index (χ4v) is 4.68. The number of rotatable bonds is 1. The number of carbonyl (C=O) groups excluding carboxylic acids is 1. The Balaban J connectivity index is 1.70. The summed E-state index contributed by atoms with van der Waals surface area (Å²) in [6.45, 7) is 6.68. The lowest BCUT2D eigenvalue weighted by molar-refractivity contribution is -0.142. The minimum atomic E-state index is 0.0923. The molecular weight excluding hydrogens is 248 g/mol. The van der Waals surface area contributed by atoms with Gasteiger partial charge in [0, 0.05) is 12.6 Å². The van der Waals surface area contributed by atoms with Gasteiger partial charge in [-0.25, -0.2) is 0 Å². The predicted molar refractivity (Wildman–Crippen MR) is 81.4 cm³/mol. The zero-order chi connectivity index (χ0) is 14.1. The highest BCUT2D eigenvalue weighted by molar-refractivity contribution is 5.82. The Bertz CT molecular complexity index is 357. The quantitative estimate of drug-likeness (QED) is 0.800. The molecule has 2 heterocycles. The van der Waals surface area contributed by atoms with Crippen LogP contribution in [-0.2, 0) is 4.79 Å². The fraction of sp³-hybridized carbons (Fsp3) is 0.941. The number of likely N-dealkylation sites (tertiary alicyclic amines) is 1. The van der Waals surface area contributed by atoms with Gasteiger partial charge in [-0.1, -0.05) is 26.7 Å². The van der Waals surface area contributed by atoms with Crippen LogP contribution in [0, 0.1) is 17.8 Å². The summed E-state index contributed by atoms with van der Waals surface area (Å²) in [4.78, 5) is 15.2. The van der Waals surface area contributed by atoms with E-state index < -0.39 is 0 Å². The van der Waals surface area contributed by atoms with Crippen LogP contribution in [0.4, 0.5) is 0 Å². The fourth-order valence-electron chi connectivity index (χ4n) is 4.68. The molecule has 2 saturated heterocycles. The van der Waals surface area contributed by atoms with Gasteiger partial charge in [0.15, 0.2) is 0 Å². The molecule has 1 aliphatic carbocycles. The van der Waals surface area contributed by atoms with Gasteiger partial charge in [0.05, 0.1) is 6.04 Å². The normalized spacial score (nSPS) is 42.1. The molecule has 20 heavy (non-hydrogen) atoms. The second-order valence-electron chi connectivity index (χ2n) is 7.45. The largest absolute Gasteiger partial charge is 0.338 e. The first-order chi connectivity index (χ1) is 9.66. The molecule has 0 aromatic carbocycles. The highest BCUT2D eigenvalue weighted by Crippen LogP contribution is 2.39. The van der Waals surface area contributed by atoms with E-state index in [1.165, 1.54) is 38.5 Å². The van der Waals surface area contributed by atoms with Crippen LogP contribution in [0.15, 0.2) is 0 Å². The van der Waals surface area contributed by atoms with Crippen LogP contribution < -0.4 is 5.32 Å². The maximum absolute atomic E-state index is 12.9. The molecule has 114 valence electrons. The summed E-state index contributed by atoms with van der Waals surface area (Å²) in [7, 11) is 0. The molecule has 0 spiro atoms. The van der Waals surface area contributed by atoms with Crippen molar-refractivity contribution in [3.8, 4) is 0 Å². The van der Waals surface area contributed by atoms with Gasteiger partial charge in [0.1, 0.15) is 0 Å². The van der Waals surface area contributed by atoms with Crippen molar-refractivity contribution in [3.05, 3.63) is 0 Å². The molecule has 3 heteroatoms. The van der Waals surface area contributed by atoms with Crippen molar-refractivity contribution in [2.45, 2.75) is 70.9 Å². The Morgan fingerprint density at radius 3 is 2.70 bits per heavy atom. The van der Waals surface area contributed by atoms with Crippen molar-refractivity contribution in [2.75, 3.05) is 13.1 Å². The van der Waals surface area contributed by atoms with Crippen molar-refractivity contribution >= 4 is 5.91 Å². The number of carbonyl (C=O) groups is 1. The first kappa shape index (κ1) is 14.4. The Labute approximate surface area is 123 Å². The second kappa shape index (κ2) is 6.05. The number of amides is 1. The number of fused-ring (bicyclic) bond motifs is 1. The van der Waals surface area contributed by atoms with Crippen molar-refractivity contribution in [3.63, 3.8) is 0 Å². The molecule has 2 aliphatic heterocycles. The molecule has 1 amide bonds. The van der Waals surface area contributed by atoms with E-state index in [4.69, 9.17) is 0 Å². The van der Waals surface area contributed by atoms with E-state index in [1.54, 1.807) is 0 Å². The van der Waals surface area contributed by atoms with Gasteiger partial charge >= 0.3 is 0 Å². The zero-order valence-corrected chi connectivity index (χ0v) is 13.1. The summed E-state index contributed by atoms with van der Waals surface area (Å²) in [6.07, 6.45) is 8.70. The van der Waals surface area contributed by atoms with Gasteiger partial charge < -0.3 is 10.2 Å². The molecule has 1 saturated carbocycles. The van der Waals surface area contributed by atoms with Crippen LogP contribution >= 0.6 is 0 Å². The van der Waals surface area contributed by atoms with Crippen LogP contribution in [0.2, 0.25) is 0 Å². The zero-order valence-electron chi connectivity index (χ0n) is 13.1. The third kappa shape index (κ3) is 2.74. The summed E-state index contributed by atoms with van der Waals surface area (Å²) < 4.78 is 0. The summed E-state index contributed by atoms with van der Waals surface area (Å²) in [5.74, 6) is 2.67. The lowest BCUT2D eigenvalue weighted by Gasteiger charge is -2.48. The Morgan fingerprint density at radius 1 is 1.10 bits per heavy atom. The highest BCUT2D eigenvalue weighted by atomic mass is 16.2. The average molecular weight is 278 g/mol. The van der Waals surface area contributed by atoms with Crippen LogP contribution in [-0.4, -0.2) is 36.0 Å². The van der Waals surface area contributed by atoms with Gasteiger partial charge in [-0.2, -0.15) is 0 Å². The molecule has 0 aromatic rings. The van der Waals surface area contributed by atoms with E-state index in [-0.39, 0.29) is 6.04 Å². The van der Waals surface area contributed by atoms with Gasteiger partial charge in [-0.3, -0.25) is 4.79 Å². The molecule has 3 nitrogen and oxygen atoms in total. The van der Waals surface area contributed by atoms with E-state index in [2.05, 4.69) is 24.1 Å². The number of hydrogen-bond donors (Lipinski definition) is 1.